The fourth-order valence-corrected chi connectivity index (χ4v) is 3.12. The van der Waals surface area contributed by atoms with Crippen molar-refractivity contribution < 1.29 is 19.1 Å². The van der Waals surface area contributed by atoms with Crippen LogP contribution in [0.2, 0.25) is 0 Å². The van der Waals surface area contributed by atoms with Gasteiger partial charge in [-0.05, 0) is 49.2 Å². The van der Waals surface area contributed by atoms with E-state index in [9.17, 15) is 14.4 Å². The van der Waals surface area contributed by atoms with Gasteiger partial charge >= 0.3 is 5.97 Å². The molecule has 1 fully saturated rings. The highest BCUT2D eigenvalue weighted by atomic mass is 16.5. The molecule has 0 atom stereocenters. The van der Waals surface area contributed by atoms with E-state index in [0.717, 1.165) is 0 Å². The van der Waals surface area contributed by atoms with Crippen molar-refractivity contribution in [3.63, 3.8) is 0 Å². The molecular weight excluding hydrogens is 396 g/mol. The normalized spacial score (nSPS) is 13.2. The van der Waals surface area contributed by atoms with Crippen molar-refractivity contribution in [3.8, 4) is 6.07 Å². The molecule has 8 heteroatoms. The van der Waals surface area contributed by atoms with Crippen LogP contribution in [0.4, 0.5) is 0 Å². The van der Waals surface area contributed by atoms with Crippen molar-refractivity contribution in [2.75, 3.05) is 20.2 Å². The third-order valence-electron chi connectivity index (χ3n) is 4.80. The lowest BCUT2D eigenvalue weighted by molar-refractivity contribution is 0.0598. The van der Waals surface area contributed by atoms with Crippen LogP contribution >= 0.6 is 0 Å². The summed E-state index contributed by atoms with van der Waals surface area (Å²) in [5.41, 5.74) is 1.55. The lowest BCUT2D eigenvalue weighted by Gasteiger charge is -2.32. The number of nitriles is 1. The first-order valence-corrected chi connectivity index (χ1v) is 9.66. The molecule has 0 radical (unpaired) electrons. The molecule has 3 rings (SSSR count). The number of ether oxygens (including phenoxy) is 1. The zero-order valence-electron chi connectivity index (χ0n) is 17.3. The number of hydrogen-bond donors (Lipinski definition) is 1. The molecule has 1 aromatic carbocycles. The van der Waals surface area contributed by atoms with Crippen LogP contribution in [0.3, 0.4) is 0 Å². The quantitative estimate of drug-likeness (QED) is 0.601. The molecule has 0 bridgehead atoms. The summed E-state index contributed by atoms with van der Waals surface area (Å²) in [6, 6.07) is 11.5. The molecule has 0 unspecified atom stereocenters. The van der Waals surface area contributed by atoms with Gasteiger partial charge in [0.05, 0.1) is 24.3 Å². The van der Waals surface area contributed by atoms with Crippen LogP contribution < -0.4 is 5.32 Å². The van der Waals surface area contributed by atoms with Gasteiger partial charge in [0.1, 0.15) is 5.69 Å². The van der Waals surface area contributed by atoms with E-state index in [4.69, 9.17) is 5.26 Å². The van der Waals surface area contributed by atoms with Crippen molar-refractivity contribution in [1.29, 1.82) is 5.26 Å². The molecule has 0 spiro atoms. The molecule has 8 nitrogen and oxygen atoms in total. The molecule has 1 aliphatic rings. The Bertz CT molecular complexity index is 957. The maximum Gasteiger partial charge on any atom is 0.339 e. The Hall–Kier alpha value is -3.99. The number of esters is 1. The number of carbonyl (C=O) groups is 3. The SMILES string of the molecule is C=C.COC(=O)c1ccc(C(=O)NC2CCN(C(=O)c3ccc(C#N)cc3)CC2)nc1. The van der Waals surface area contributed by atoms with Gasteiger partial charge in [-0.2, -0.15) is 5.26 Å². The van der Waals surface area contributed by atoms with E-state index < -0.39 is 5.97 Å². The number of benzene rings is 1. The van der Waals surface area contributed by atoms with Gasteiger partial charge < -0.3 is 15.0 Å². The second-order valence-corrected chi connectivity index (χ2v) is 6.65. The summed E-state index contributed by atoms with van der Waals surface area (Å²) in [6.07, 6.45) is 2.57. The second kappa shape index (κ2) is 11.3. The third-order valence-corrected chi connectivity index (χ3v) is 4.80. The van der Waals surface area contributed by atoms with Crippen LogP contribution in [-0.2, 0) is 4.74 Å². The lowest BCUT2D eigenvalue weighted by atomic mass is 10.0. The van der Waals surface area contributed by atoms with E-state index in [1.54, 1.807) is 29.2 Å². The number of pyridine rings is 1. The van der Waals surface area contributed by atoms with Gasteiger partial charge in [0, 0.05) is 30.9 Å². The minimum Gasteiger partial charge on any atom is -0.465 e. The number of carbonyl (C=O) groups excluding carboxylic acids is 3. The third kappa shape index (κ3) is 6.00. The van der Waals surface area contributed by atoms with Crippen LogP contribution in [0.5, 0.6) is 0 Å². The van der Waals surface area contributed by atoms with Crippen molar-refractivity contribution >= 4 is 17.8 Å². The number of aromatic nitrogens is 1. The van der Waals surface area contributed by atoms with Crippen molar-refractivity contribution in [3.05, 3.63) is 78.1 Å². The van der Waals surface area contributed by atoms with Crippen molar-refractivity contribution in [1.82, 2.24) is 15.2 Å². The fraction of sp³-hybridized carbons (Fsp3) is 0.261. The average Bonchev–Trinajstić information content (AvgIpc) is 2.85. The molecule has 1 aliphatic heterocycles. The number of hydrogen-bond acceptors (Lipinski definition) is 6. The number of likely N-dealkylation sites (tertiary alicyclic amines) is 1. The summed E-state index contributed by atoms with van der Waals surface area (Å²) < 4.78 is 4.61. The summed E-state index contributed by atoms with van der Waals surface area (Å²) in [5, 5.41) is 11.8. The number of rotatable bonds is 4. The maximum atomic E-state index is 12.6. The van der Waals surface area contributed by atoms with E-state index in [1.807, 2.05) is 6.07 Å². The predicted molar refractivity (Wildman–Crippen MR) is 114 cm³/mol. The average molecular weight is 420 g/mol. The maximum absolute atomic E-state index is 12.6. The Kier molecular flexibility index (Phi) is 8.46. The van der Waals surface area contributed by atoms with E-state index >= 15 is 0 Å². The van der Waals surface area contributed by atoms with Gasteiger partial charge in [0.2, 0.25) is 0 Å². The number of piperidine rings is 1. The molecule has 1 N–H and O–H groups in total. The summed E-state index contributed by atoms with van der Waals surface area (Å²) in [6.45, 7) is 7.05. The number of methoxy groups -OCH3 is 1. The van der Waals surface area contributed by atoms with E-state index in [2.05, 4.69) is 28.2 Å². The molecule has 2 amide bonds. The fourth-order valence-electron chi connectivity index (χ4n) is 3.12. The van der Waals surface area contributed by atoms with Gasteiger partial charge in [0.25, 0.3) is 11.8 Å². The minimum atomic E-state index is -0.510. The molecular formula is C23H24N4O4. The van der Waals surface area contributed by atoms with E-state index in [1.165, 1.54) is 25.4 Å². The molecule has 2 heterocycles. The number of amides is 2. The Balaban J connectivity index is 0.00000166. The first kappa shape index (κ1) is 23.3. The van der Waals surface area contributed by atoms with Gasteiger partial charge in [0.15, 0.2) is 0 Å². The highest BCUT2D eigenvalue weighted by Crippen LogP contribution is 2.15. The van der Waals surface area contributed by atoms with E-state index in [-0.39, 0.29) is 29.1 Å². The second-order valence-electron chi connectivity index (χ2n) is 6.65. The number of nitrogens with one attached hydrogen (secondary N) is 1. The molecule has 31 heavy (non-hydrogen) atoms. The van der Waals surface area contributed by atoms with E-state index in [0.29, 0.717) is 37.1 Å². The first-order chi connectivity index (χ1) is 15.0. The highest BCUT2D eigenvalue weighted by Gasteiger charge is 2.25. The van der Waals surface area contributed by atoms with Gasteiger partial charge in [-0.25, -0.2) is 4.79 Å². The van der Waals surface area contributed by atoms with Crippen molar-refractivity contribution in [2.24, 2.45) is 0 Å². The molecule has 2 aromatic rings. The van der Waals surface area contributed by atoms with Crippen LogP contribution in [0.25, 0.3) is 0 Å². The van der Waals surface area contributed by atoms with Gasteiger partial charge in [-0.1, -0.05) is 0 Å². The summed E-state index contributed by atoms with van der Waals surface area (Å²) in [7, 11) is 1.28. The molecule has 0 aliphatic carbocycles. The van der Waals surface area contributed by atoms with Gasteiger partial charge in [-0.3, -0.25) is 14.6 Å². The first-order valence-electron chi connectivity index (χ1n) is 9.66. The van der Waals surface area contributed by atoms with Crippen LogP contribution in [0, 0.1) is 11.3 Å². The zero-order valence-corrected chi connectivity index (χ0v) is 17.3. The standard InChI is InChI=1S/C21H20N4O4.C2H4/c1-29-21(28)16-6-7-18(23-13-16)19(26)24-17-8-10-25(11-9-17)20(27)15-4-2-14(12-22)3-5-15;1-2/h2-7,13,17H,8-11H2,1H3,(H,24,26);1-2H2. The molecule has 1 aromatic heterocycles. The van der Waals surface area contributed by atoms with Crippen LogP contribution in [-0.4, -0.2) is 53.9 Å². The summed E-state index contributed by atoms with van der Waals surface area (Å²) in [4.78, 5) is 42.1. The summed E-state index contributed by atoms with van der Waals surface area (Å²) >= 11 is 0. The Morgan fingerprint density at radius 3 is 2.23 bits per heavy atom. The Morgan fingerprint density at radius 2 is 1.71 bits per heavy atom. The Morgan fingerprint density at radius 1 is 1.10 bits per heavy atom. The van der Waals surface area contributed by atoms with Gasteiger partial charge in [-0.15, -0.1) is 13.2 Å². The smallest absolute Gasteiger partial charge is 0.339 e. The monoisotopic (exact) mass is 420 g/mol. The van der Waals surface area contributed by atoms with Crippen molar-refractivity contribution in [2.45, 2.75) is 18.9 Å². The Labute approximate surface area is 181 Å². The molecule has 0 saturated carbocycles. The molecule has 160 valence electrons. The largest absolute Gasteiger partial charge is 0.465 e. The molecule has 1 saturated heterocycles. The lowest BCUT2D eigenvalue weighted by Crippen LogP contribution is -2.46. The highest BCUT2D eigenvalue weighted by molar-refractivity contribution is 5.95. The minimum absolute atomic E-state index is 0.0606. The predicted octanol–water partition coefficient (Wildman–Crippen LogP) is 2.58. The number of nitrogens with zero attached hydrogens (tertiary/aromatic N) is 3. The zero-order chi connectivity index (χ0) is 22.8. The topological polar surface area (TPSA) is 112 Å². The van der Waals surface area contributed by atoms with Crippen LogP contribution in [0.1, 0.15) is 49.6 Å². The summed E-state index contributed by atoms with van der Waals surface area (Å²) in [5.74, 6) is -0.915. The van der Waals surface area contributed by atoms with Crippen LogP contribution in [0.15, 0.2) is 55.8 Å².